The topological polar surface area (TPSA) is 34.1 Å². The van der Waals surface area contributed by atoms with E-state index < -0.39 is 10.7 Å². The van der Waals surface area contributed by atoms with Gasteiger partial charge in [0.15, 0.2) is 0 Å². The molecule has 0 saturated carbocycles. The summed E-state index contributed by atoms with van der Waals surface area (Å²) in [7, 11) is -2.08. The molecular weight excluding hydrogens is 328 g/mol. The monoisotopic (exact) mass is 358 g/mol. The van der Waals surface area contributed by atoms with E-state index in [9.17, 15) is 8.42 Å². The van der Waals surface area contributed by atoms with Crippen molar-refractivity contribution >= 4 is 10.7 Å². The van der Waals surface area contributed by atoms with Gasteiger partial charge in [0.2, 0.25) is 0 Å². The van der Waals surface area contributed by atoms with Gasteiger partial charge in [-0.2, -0.15) is 6.42 Å². The number of unbranched alkanes of at least 4 members (excludes halogenated alkanes) is 9. The summed E-state index contributed by atoms with van der Waals surface area (Å²) >= 11 is 0. The van der Waals surface area contributed by atoms with Crippen LogP contribution in [0.3, 0.4) is 0 Å². The maximum atomic E-state index is 10.2. The number of hydrogen-bond acceptors (Lipinski definition) is 3. The Morgan fingerprint density at radius 1 is 0.818 bits per heavy atom. The molecule has 0 radical (unpaired) electrons. The summed E-state index contributed by atoms with van der Waals surface area (Å²) in [5.74, 6) is 0. The van der Waals surface area contributed by atoms with E-state index in [1.165, 1.54) is 57.8 Å². The van der Waals surface area contributed by atoms with Crippen LogP contribution in [-0.4, -0.2) is 0 Å². The maximum absolute atomic E-state index is 10.2. The second-order valence-corrected chi connectivity index (χ2v) is 6.17. The summed E-state index contributed by atoms with van der Waals surface area (Å²) in [4.78, 5) is 0.331. The zero-order chi connectivity index (χ0) is 15.8. The van der Waals surface area contributed by atoms with Crippen molar-refractivity contribution in [2.75, 3.05) is 0 Å². The van der Waals surface area contributed by atoms with E-state index in [0.717, 1.165) is 6.42 Å². The van der Waals surface area contributed by atoms with Gasteiger partial charge in [0.1, 0.15) is 0 Å². The minimum atomic E-state index is -2.08. The summed E-state index contributed by atoms with van der Waals surface area (Å²) < 4.78 is 20.4. The molecule has 1 rings (SSSR count). The summed E-state index contributed by atoms with van der Waals surface area (Å²) in [6, 6.07) is 8.23. The molecule has 1 aromatic rings. The summed E-state index contributed by atoms with van der Waals surface area (Å²) in [6.07, 6.45) is 13.9. The minimum Gasteiger partial charge on any atom is -0.420 e. The first kappa shape index (κ1) is 24.1. The van der Waals surface area contributed by atoms with Crippen LogP contribution in [0.25, 0.3) is 0 Å². The molecule has 0 aliphatic carbocycles. The van der Waals surface area contributed by atoms with Crippen LogP contribution in [0.5, 0.6) is 0 Å². The van der Waals surface area contributed by atoms with E-state index in [1.54, 1.807) is 30.3 Å². The van der Waals surface area contributed by atoms with E-state index in [-0.39, 0.29) is 21.7 Å². The van der Waals surface area contributed by atoms with E-state index >= 15 is 0 Å². The largest absolute Gasteiger partial charge is 2.00 e. The molecule has 2 nitrogen and oxygen atoms in total. The van der Waals surface area contributed by atoms with E-state index in [4.69, 9.17) is 0 Å². The van der Waals surface area contributed by atoms with Gasteiger partial charge in [-0.1, -0.05) is 99.9 Å². The van der Waals surface area contributed by atoms with Crippen molar-refractivity contribution in [1.82, 2.24) is 0 Å². The zero-order valence-electron chi connectivity index (χ0n) is 13.9. The van der Waals surface area contributed by atoms with Crippen molar-refractivity contribution in [1.29, 1.82) is 0 Å². The van der Waals surface area contributed by atoms with Crippen molar-refractivity contribution in [3.8, 4) is 0 Å². The van der Waals surface area contributed by atoms with Gasteiger partial charge < -0.3 is 15.3 Å². The van der Waals surface area contributed by atoms with Crippen LogP contribution in [0.15, 0.2) is 35.2 Å². The molecular formula is C18H30O2STi. The standard InChI is InChI=1S/C12H25.C6H5O2S.Ti/c1-3-5-7-9-11-12-10-8-6-4-2;7-9(8)6-4-2-1-3-5-6;/h1,3-12H2,2H3;1-5H;/q2*-1;+2. The molecule has 0 amide bonds. The SMILES string of the molecule is O=[S-](=O)c1ccccc1.[CH2-]CCCCCCCCCCC.[Ti+2]. The molecule has 0 aliphatic heterocycles. The van der Waals surface area contributed by atoms with E-state index in [0.29, 0.717) is 4.90 Å². The normalized spacial score (nSPS) is 9.77. The summed E-state index contributed by atoms with van der Waals surface area (Å²) in [5.41, 5.74) is 0. The molecule has 4 heteroatoms. The molecule has 0 aromatic heterocycles. The van der Waals surface area contributed by atoms with Crippen LogP contribution in [0.1, 0.15) is 71.1 Å². The zero-order valence-corrected chi connectivity index (χ0v) is 16.3. The summed E-state index contributed by atoms with van der Waals surface area (Å²) in [5, 5.41) is 0. The molecule has 124 valence electrons. The molecule has 0 saturated heterocycles. The fourth-order valence-electron chi connectivity index (χ4n) is 2.02. The van der Waals surface area contributed by atoms with Crippen molar-refractivity contribution in [2.45, 2.75) is 76.0 Å². The smallest absolute Gasteiger partial charge is 0.420 e. The van der Waals surface area contributed by atoms with Gasteiger partial charge in [0.25, 0.3) is 0 Å². The number of rotatable bonds is 10. The fourth-order valence-corrected chi connectivity index (χ4v) is 2.40. The first-order chi connectivity index (χ1) is 10.2. The molecule has 0 heterocycles. The van der Waals surface area contributed by atoms with Gasteiger partial charge in [-0.3, -0.25) is 0 Å². The predicted octanol–water partition coefficient (Wildman–Crippen LogP) is 6.09. The summed E-state index contributed by atoms with van der Waals surface area (Å²) in [6.45, 7) is 6.12. The third-order valence-corrected chi connectivity index (χ3v) is 3.95. The molecule has 0 spiro atoms. The first-order valence-electron chi connectivity index (χ1n) is 8.16. The second-order valence-electron chi connectivity index (χ2n) is 5.23. The van der Waals surface area contributed by atoms with Gasteiger partial charge in [0, 0.05) is 0 Å². The van der Waals surface area contributed by atoms with Gasteiger partial charge in [-0.05, 0) is 10.7 Å². The molecule has 0 atom stereocenters. The van der Waals surface area contributed by atoms with Crippen LogP contribution < -0.4 is 0 Å². The van der Waals surface area contributed by atoms with Gasteiger partial charge >= 0.3 is 21.7 Å². The third kappa shape index (κ3) is 16.3. The quantitative estimate of drug-likeness (QED) is 0.219. The Hall–Kier alpha value is -0.116. The maximum Gasteiger partial charge on any atom is 2.00 e. The van der Waals surface area contributed by atoms with Crippen LogP contribution >= 0.6 is 0 Å². The number of benzene rings is 1. The molecule has 0 bridgehead atoms. The van der Waals surface area contributed by atoms with Gasteiger partial charge in [-0.15, -0.1) is 0 Å². The molecule has 0 N–H and O–H groups in total. The Labute approximate surface area is 153 Å². The Kier molecular flexibility index (Phi) is 20.8. The van der Waals surface area contributed by atoms with Gasteiger partial charge in [-0.25, -0.2) is 0 Å². The van der Waals surface area contributed by atoms with Crippen molar-refractivity contribution in [2.24, 2.45) is 0 Å². The Morgan fingerprint density at radius 2 is 1.27 bits per heavy atom. The first-order valence-corrected chi connectivity index (χ1v) is 9.23. The molecule has 1 aromatic carbocycles. The molecule has 0 fully saturated rings. The Bertz CT molecular complexity index is 373. The molecule has 0 aliphatic rings. The fraction of sp³-hybridized carbons (Fsp3) is 0.611. The minimum absolute atomic E-state index is 0. The van der Waals surface area contributed by atoms with Gasteiger partial charge in [0.05, 0.1) is 0 Å². The van der Waals surface area contributed by atoms with Crippen molar-refractivity contribution in [3.05, 3.63) is 37.3 Å². The Balaban J connectivity index is 0. The van der Waals surface area contributed by atoms with Crippen molar-refractivity contribution in [3.63, 3.8) is 0 Å². The van der Waals surface area contributed by atoms with Crippen LogP contribution in [-0.2, 0) is 40.8 Å². The average molecular weight is 358 g/mol. The molecule has 22 heavy (non-hydrogen) atoms. The van der Waals surface area contributed by atoms with Crippen LogP contribution in [0.4, 0.5) is 0 Å². The predicted molar refractivity (Wildman–Crippen MR) is 90.6 cm³/mol. The Morgan fingerprint density at radius 3 is 1.64 bits per heavy atom. The number of hydrogen-bond donors (Lipinski definition) is 0. The van der Waals surface area contributed by atoms with E-state index in [2.05, 4.69) is 13.8 Å². The van der Waals surface area contributed by atoms with E-state index in [1.807, 2.05) is 0 Å². The third-order valence-electron chi connectivity index (χ3n) is 3.29. The molecule has 0 unspecified atom stereocenters. The average Bonchev–Trinajstić information content (AvgIpc) is 2.51. The van der Waals surface area contributed by atoms with Crippen LogP contribution in [0.2, 0.25) is 0 Å². The second kappa shape index (κ2) is 18.9. The van der Waals surface area contributed by atoms with Crippen molar-refractivity contribution < 1.29 is 30.1 Å². The van der Waals surface area contributed by atoms with Crippen LogP contribution in [0, 0.1) is 6.92 Å².